The summed E-state index contributed by atoms with van der Waals surface area (Å²) in [5.41, 5.74) is 3.32. The number of fused-ring (bicyclic) bond motifs is 1. The minimum Gasteiger partial charge on any atom is -0.350 e. The number of hydrogen-bond donors (Lipinski definition) is 1. The van der Waals surface area contributed by atoms with Crippen molar-refractivity contribution in [2.75, 3.05) is 16.8 Å². The second kappa shape index (κ2) is 9.38. The Labute approximate surface area is 216 Å². The normalized spacial score (nSPS) is 15.5. The van der Waals surface area contributed by atoms with Crippen molar-refractivity contribution in [2.45, 2.75) is 13.0 Å². The minimum atomic E-state index is -0.720. The molecular weight excluding hydrogens is 509 g/mol. The van der Waals surface area contributed by atoms with Crippen LogP contribution in [0.25, 0.3) is 0 Å². The van der Waals surface area contributed by atoms with Crippen LogP contribution < -0.4 is 10.2 Å². The van der Waals surface area contributed by atoms with E-state index in [2.05, 4.69) is 11.4 Å². The highest BCUT2D eigenvalue weighted by Crippen LogP contribution is 2.36. The third-order valence-electron chi connectivity index (χ3n) is 5.97. The van der Waals surface area contributed by atoms with Crippen molar-refractivity contribution in [1.29, 1.82) is 0 Å². The Morgan fingerprint density at radius 1 is 0.857 bits per heavy atom. The highest BCUT2D eigenvalue weighted by molar-refractivity contribution is 6.54. The standard InChI is InChI=1S/C26H18Cl3N3O3/c27-18-8-9-20(28)21(13-18)32-25(34)22(29)23(26(32)35)30-19-7-3-6-16(12-19)24(33)31-11-10-15-4-1-2-5-17(15)14-31/h1-9,12-13,30H,10-11,14H2. The molecule has 1 N–H and O–H groups in total. The first-order valence-corrected chi connectivity index (χ1v) is 11.9. The largest absolute Gasteiger partial charge is 0.350 e. The maximum absolute atomic E-state index is 13.2. The fraction of sp³-hybridized carbons (Fsp3) is 0.115. The third-order valence-corrected chi connectivity index (χ3v) is 6.88. The SMILES string of the molecule is O=C(c1cccc(NC2=C(Cl)C(=O)N(c3cc(Cl)ccc3Cl)C2=O)c1)N1CCc2ccccc2C1. The van der Waals surface area contributed by atoms with E-state index in [-0.39, 0.29) is 27.3 Å². The molecule has 2 heterocycles. The van der Waals surface area contributed by atoms with Crippen LogP contribution in [-0.2, 0) is 22.6 Å². The summed E-state index contributed by atoms with van der Waals surface area (Å²) in [6.45, 7) is 1.15. The summed E-state index contributed by atoms with van der Waals surface area (Å²) in [7, 11) is 0. The van der Waals surface area contributed by atoms with Gasteiger partial charge >= 0.3 is 0 Å². The number of nitrogens with zero attached hydrogens (tertiary/aromatic N) is 2. The molecule has 0 aliphatic carbocycles. The summed E-state index contributed by atoms with van der Waals surface area (Å²) in [6, 6.07) is 19.3. The van der Waals surface area contributed by atoms with Gasteiger partial charge in [-0.25, -0.2) is 4.90 Å². The molecule has 5 rings (SSSR count). The average molecular weight is 527 g/mol. The topological polar surface area (TPSA) is 69.7 Å². The lowest BCUT2D eigenvalue weighted by Gasteiger charge is -2.29. The molecule has 0 radical (unpaired) electrons. The predicted octanol–water partition coefficient (Wildman–Crippen LogP) is 5.63. The van der Waals surface area contributed by atoms with Crippen LogP contribution >= 0.6 is 34.8 Å². The summed E-state index contributed by atoms with van der Waals surface area (Å²) in [4.78, 5) is 41.7. The van der Waals surface area contributed by atoms with E-state index in [4.69, 9.17) is 34.8 Å². The van der Waals surface area contributed by atoms with Gasteiger partial charge in [0.15, 0.2) is 0 Å². The molecule has 2 aliphatic rings. The van der Waals surface area contributed by atoms with Crippen molar-refractivity contribution in [3.05, 3.63) is 104 Å². The van der Waals surface area contributed by atoms with Crippen molar-refractivity contribution in [3.8, 4) is 0 Å². The fourth-order valence-electron chi connectivity index (χ4n) is 4.21. The van der Waals surface area contributed by atoms with E-state index in [9.17, 15) is 14.4 Å². The lowest BCUT2D eigenvalue weighted by atomic mass is 9.99. The maximum Gasteiger partial charge on any atom is 0.283 e. The number of carbonyl (C=O) groups excluding carboxylic acids is 3. The molecular formula is C26H18Cl3N3O3. The summed E-state index contributed by atoms with van der Waals surface area (Å²) >= 11 is 18.5. The van der Waals surface area contributed by atoms with E-state index in [0.717, 1.165) is 16.9 Å². The molecule has 3 aromatic rings. The van der Waals surface area contributed by atoms with Gasteiger partial charge in [0.2, 0.25) is 0 Å². The van der Waals surface area contributed by atoms with Crippen LogP contribution in [0.2, 0.25) is 10.0 Å². The molecule has 0 saturated heterocycles. The minimum absolute atomic E-state index is 0.107. The molecule has 0 bridgehead atoms. The zero-order valence-corrected chi connectivity index (χ0v) is 20.5. The Bertz CT molecular complexity index is 1420. The van der Waals surface area contributed by atoms with Gasteiger partial charge in [0.05, 0.1) is 10.7 Å². The molecule has 6 nitrogen and oxygen atoms in total. The Kier molecular flexibility index (Phi) is 6.28. The number of hydrogen-bond acceptors (Lipinski definition) is 4. The lowest BCUT2D eigenvalue weighted by molar-refractivity contribution is -0.120. The van der Waals surface area contributed by atoms with Crippen LogP contribution in [0.4, 0.5) is 11.4 Å². The Morgan fingerprint density at radius 2 is 1.63 bits per heavy atom. The molecule has 0 unspecified atom stereocenters. The molecule has 9 heteroatoms. The van der Waals surface area contributed by atoms with Gasteiger partial charge in [-0.05, 0) is 53.9 Å². The van der Waals surface area contributed by atoms with Gasteiger partial charge in [-0.15, -0.1) is 0 Å². The van der Waals surface area contributed by atoms with Gasteiger partial charge < -0.3 is 10.2 Å². The van der Waals surface area contributed by atoms with Gasteiger partial charge in [0.1, 0.15) is 10.7 Å². The van der Waals surface area contributed by atoms with Gasteiger partial charge in [-0.2, -0.15) is 0 Å². The zero-order chi connectivity index (χ0) is 24.7. The van der Waals surface area contributed by atoms with E-state index in [1.54, 1.807) is 35.2 Å². The van der Waals surface area contributed by atoms with E-state index in [0.29, 0.717) is 29.4 Å². The van der Waals surface area contributed by atoms with Crippen molar-refractivity contribution in [2.24, 2.45) is 0 Å². The first-order chi connectivity index (χ1) is 16.8. The summed E-state index contributed by atoms with van der Waals surface area (Å²) < 4.78 is 0. The summed E-state index contributed by atoms with van der Waals surface area (Å²) in [6.07, 6.45) is 0.793. The van der Waals surface area contributed by atoms with Gasteiger partial charge in [-0.1, -0.05) is 65.1 Å². The van der Waals surface area contributed by atoms with Crippen LogP contribution in [0.15, 0.2) is 77.5 Å². The zero-order valence-electron chi connectivity index (χ0n) is 18.2. The average Bonchev–Trinajstić information content (AvgIpc) is 3.08. The molecule has 2 aliphatic heterocycles. The number of anilines is 2. The van der Waals surface area contributed by atoms with Crippen LogP contribution in [0, 0.1) is 0 Å². The first-order valence-electron chi connectivity index (χ1n) is 10.8. The number of amides is 3. The molecule has 0 fully saturated rings. The molecule has 35 heavy (non-hydrogen) atoms. The van der Waals surface area contributed by atoms with Crippen LogP contribution in [-0.4, -0.2) is 29.2 Å². The van der Waals surface area contributed by atoms with Gasteiger partial charge in [-0.3, -0.25) is 14.4 Å². The number of carbonyl (C=O) groups is 3. The lowest BCUT2D eigenvalue weighted by Crippen LogP contribution is -2.36. The summed E-state index contributed by atoms with van der Waals surface area (Å²) in [5.74, 6) is -1.51. The number of benzene rings is 3. The number of halogens is 3. The number of rotatable bonds is 4. The maximum atomic E-state index is 13.2. The van der Waals surface area contributed by atoms with E-state index >= 15 is 0 Å². The monoisotopic (exact) mass is 525 g/mol. The molecule has 176 valence electrons. The number of imide groups is 1. The van der Waals surface area contributed by atoms with E-state index in [1.807, 2.05) is 18.2 Å². The van der Waals surface area contributed by atoms with E-state index in [1.165, 1.54) is 17.7 Å². The summed E-state index contributed by atoms with van der Waals surface area (Å²) in [5, 5.41) is 3.12. The quantitative estimate of drug-likeness (QED) is 0.448. The van der Waals surface area contributed by atoms with Crippen molar-refractivity contribution >= 4 is 63.9 Å². The van der Waals surface area contributed by atoms with Crippen LogP contribution in [0.3, 0.4) is 0 Å². The third kappa shape index (κ3) is 4.41. The highest BCUT2D eigenvalue weighted by atomic mass is 35.5. The molecule has 0 spiro atoms. The van der Waals surface area contributed by atoms with Gasteiger partial charge in [0.25, 0.3) is 17.7 Å². The smallest absolute Gasteiger partial charge is 0.283 e. The van der Waals surface area contributed by atoms with Crippen molar-refractivity contribution < 1.29 is 14.4 Å². The molecule has 3 aromatic carbocycles. The second-order valence-corrected chi connectivity index (χ2v) is 9.40. The van der Waals surface area contributed by atoms with Crippen molar-refractivity contribution in [1.82, 2.24) is 4.90 Å². The number of nitrogens with one attached hydrogen (secondary N) is 1. The first kappa shape index (κ1) is 23.4. The van der Waals surface area contributed by atoms with Gasteiger partial charge in [0, 0.05) is 29.4 Å². The Balaban J connectivity index is 1.37. The predicted molar refractivity (Wildman–Crippen MR) is 137 cm³/mol. The van der Waals surface area contributed by atoms with Crippen LogP contribution in [0.5, 0.6) is 0 Å². The van der Waals surface area contributed by atoms with E-state index < -0.39 is 11.8 Å². The molecule has 3 amide bonds. The van der Waals surface area contributed by atoms with Crippen molar-refractivity contribution in [3.63, 3.8) is 0 Å². The highest BCUT2D eigenvalue weighted by Gasteiger charge is 2.40. The Morgan fingerprint density at radius 3 is 2.43 bits per heavy atom. The molecule has 0 saturated carbocycles. The fourth-order valence-corrected chi connectivity index (χ4v) is 4.79. The molecule has 0 atom stereocenters. The van der Waals surface area contributed by atoms with Crippen LogP contribution in [0.1, 0.15) is 21.5 Å². The second-order valence-electron chi connectivity index (χ2n) is 8.18. The molecule has 0 aromatic heterocycles. The Hall–Kier alpha value is -3.32.